The first-order valence-electron chi connectivity index (χ1n) is 8.29. The number of ether oxygens (including phenoxy) is 1. The van der Waals surface area contributed by atoms with Gasteiger partial charge < -0.3 is 14.2 Å². The molecule has 9 nitrogen and oxygen atoms in total. The zero-order valence-corrected chi connectivity index (χ0v) is 14.8. The van der Waals surface area contributed by atoms with Crippen LogP contribution in [0, 0.1) is 6.92 Å². The van der Waals surface area contributed by atoms with Crippen molar-refractivity contribution in [3.63, 3.8) is 0 Å². The van der Waals surface area contributed by atoms with Crippen molar-refractivity contribution >= 4 is 16.9 Å². The van der Waals surface area contributed by atoms with Gasteiger partial charge >= 0.3 is 0 Å². The summed E-state index contributed by atoms with van der Waals surface area (Å²) < 4.78 is 12.9. The molecule has 0 aliphatic carbocycles. The molecule has 25 heavy (non-hydrogen) atoms. The third-order valence-corrected chi connectivity index (χ3v) is 4.21. The number of morpholine rings is 1. The van der Waals surface area contributed by atoms with E-state index in [4.69, 9.17) is 9.26 Å². The van der Waals surface area contributed by atoms with E-state index in [0.717, 1.165) is 16.9 Å². The minimum Gasteiger partial charge on any atom is -0.377 e. The maximum absolute atomic E-state index is 5.64. The zero-order valence-electron chi connectivity index (χ0n) is 14.8. The molecular weight excluding hydrogens is 322 g/mol. The van der Waals surface area contributed by atoms with E-state index in [-0.39, 0.29) is 11.6 Å². The Morgan fingerprint density at radius 3 is 2.80 bits per heavy atom. The third-order valence-electron chi connectivity index (χ3n) is 4.21. The maximum atomic E-state index is 5.64. The predicted octanol–water partition coefficient (Wildman–Crippen LogP) is 1.85. The Morgan fingerprint density at radius 1 is 1.24 bits per heavy atom. The summed E-state index contributed by atoms with van der Waals surface area (Å²) in [6.45, 7) is 9.86. The zero-order chi connectivity index (χ0) is 17.6. The molecule has 0 aromatic carbocycles. The number of aromatic nitrogens is 6. The molecular formula is C16H21N7O2. The van der Waals surface area contributed by atoms with Gasteiger partial charge in [0, 0.05) is 6.54 Å². The fourth-order valence-electron chi connectivity index (χ4n) is 3.06. The largest absolute Gasteiger partial charge is 0.377 e. The summed E-state index contributed by atoms with van der Waals surface area (Å²) in [5.41, 5.74) is 0.644. The SMILES string of the molecule is Cc1noc(C2COCCN2c2ncnc3c2cnn3C(C)(C)C)n1. The summed E-state index contributed by atoms with van der Waals surface area (Å²) in [6, 6.07) is -0.175. The van der Waals surface area contributed by atoms with Gasteiger partial charge in [0.1, 0.15) is 18.2 Å². The molecule has 1 aliphatic rings. The number of nitrogens with zero attached hydrogens (tertiary/aromatic N) is 7. The van der Waals surface area contributed by atoms with Crippen LogP contribution < -0.4 is 4.90 Å². The van der Waals surface area contributed by atoms with Gasteiger partial charge in [-0.3, -0.25) is 0 Å². The Hall–Kier alpha value is -2.55. The lowest BCUT2D eigenvalue weighted by molar-refractivity contribution is 0.0835. The van der Waals surface area contributed by atoms with Crippen LogP contribution in [-0.4, -0.2) is 49.6 Å². The molecule has 0 N–H and O–H groups in total. The smallest absolute Gasteiger partial charge is 0.251 e. The highest BCUT2D eigenvalue weighted by Gasteiger charge is 2.32. The molecule has 3 aromatic heterocycles. The molecule has 0 spiro atoms. The third kappa shape index (κ3) is 2.74. The minimum atomic E-state index is -0.175. The van der Waals surface area contributed by atoms with Gasteiger partial charge in [0.25, 0.3) is 5.89 Å². The van der Waals surface area contributed by atoms with Crippen LogP contribution in [0.4, 0.5) is 5.82 Å². The number of rotatable bonds is 2. The molecule has 1 unspecified atom stereocenters. The van der Waals surface area contributed by atoms with E-state index in [9.17, 15) is 0 Å². The van der Waals surface area contributed by atoms with Crippen molar-refractivity contribution in [1.29, 1.82) is 0 Å². The van der Waals surface area contributed by atoms with Crippen LogP contribution in [-0.2, 0) is 10.3 Å². The normalized spacial score (nSPS) is 18.9. The fourth-order valence-corrected chi connectivity index (χ4v) is 3.06. The molecule has 9 heteroatoms. The Labute approximate surface area is 145 Å². The summed E-state index contributed by atoms with van der Waals surface area (Å²) in [4.78, 5) is 15.5. The van der Waals surface area contributed by atoms with Gasteiger partial charge in [-0.1, -0.05) is 5.16 Å². The van der Waals surface area contributed by atoms with Crippen molar-refractivity contribution < 1.29 is 9.26 Å². The summed E-state index contributed by atoms with van der Waals surface area (Å²) in [7, 11) is 0. The Morgan fingerprint density at radius 2 is 2.08 bits per heavy atom. The fraction of sp³-hybridized carbons (Fsp3) is 0.562. The number of fused-ring (bicyclic) bond motifs is 1. The van der Waals surface area contributed by atoms with E-state index in [1.165, 1.54) is 0 Å². The highest BCUT2D eigenvalue weighted by molar-refractivity contribution is 5.87. The second-order valence-electron chi connectivity index (χ2n) is 7.13. The number of hydrogen-bond donors (Lipinski definition) is 0. The molecule has 0 radical (unpaired) electrons. The molecule has 1 atom stereocenters. The van der Waals surface area contributed by atoms with Crippen LogP contribution in [0.5, 0.6) is 0 Å². The van der Waals surface area contributed by atoms with Crippen molar-refractivity contribution in [2.75, 3.05) is 24.7 Å². The lowest BCUT2D eigenvalue weighted by Crippen LogP contribution is -2.40. The van der Waals surface area contributed by atoms with E-state index < -0.39 is 0 Å². The predicted molar refractivity (Wildman–Crippen MR) is 90.3 cm³/mol. The van der Waals surface area contributed by atoms with E-state index in [0.29, 0.717) is 31.5 Å². The minimum absolute atomic E-state index is 0.165. The lowest BCUT2D eigenvalue weighted by Gasteiger charge is -2.34. The topological polar surface area (TPSA) is 95.0 Å². The molecule has 1 fully saturated rings. The van der Waals surface area contributed by atoms with Gasteiger partial charge in [0.05, 0.1) is 30.3 Å². The van der Waals surface area contributed by atoms with Gasteiger partial charge in [-0.15, -0.1) is 0 Å². The maximum Gasteiger partial charge on any atom is 0.251 e. The molecule has 4 rings (SSSR count). The van der Waals surface area contributed by atoms with Crippen molar-refractivity contribution in [1.82, 2.24) is 29.9 Å². The molecule has 4 heterocycles. The van der Waals surface area contributed by atoms with Crippen LogP contribution in [0.15, 0.2) is 17.0 Å². The quantitative estimate of drug-likeness (QED) is 0.696. The van der Waals surface area contributed by atoms with Gasteiger partial charge in [-0.2, -0.15) is 10.1 Å². The van der Waals surface area contributed by atoms with Crippen LogP contribution in [0.25, 0.3) is 11.0 Å². The molecule has 1 aliphatic heterocycles. The molecule has 0 bridgehead atoms. The van der Waals surface area contributed by atoms with E-state index >= 15 is 0 Å². The highest BCUT2D eigenvalue weighted by Crippen LogP contribution is 2.33. The molecule has 0 amide bonds. The Bertz CT molecular complexity index is 895. The standard InChI is InChI=1S/C16H21N7O2/c1-10-20-15(25-21-10)12-8-24-6-5-22(12)13-11-7-19-23(16(2,3)4)14(11)18-9-17-13/h7,9,12H,5-6,8H2,1-4H3. The van der Waals surface area contributed by atoms with Gasteiger partial charge in [0.2, 0.25) is 0 Å². The monoisotopic (exact) mass is 343 g/mol. The summed E-state index contributed by atoms with van der Waals surface area (Å²) >= 11 is 0. The van der Waals surface area contributed by atoms with Crippen LogP contribution in [0.2, 0.25) is 0 Å². The molecule has 1 saturated heterocycles. The van der Waals surface area contributed by atoms with Gasteiger partial charge in [0.15, 0.2) is 11.5 Å². The van der Waals surface area contributed by atoms with Crippen molar-refractivity contribution in [2.45, 2.75) is 39.3 Å². The molecule has 0 saturated carbocycles. The van der Waals surface area contributed by atoms with Crippen molar-refractivity contribution in [3.05, 3.63) is 24.2 Å². The first-order chi connectivity index (χ1) is 11.9. The number of hydrogen-bond acceptors (Lipinski definition) is 8. The van der Waals surface area contributed by atoms with Gasteiger partial charge in [-0.05, 0) is 27.7 Å². The highest BCUT2D eigenvalue weighted by atomic mass is 16.5. The number of anilines is 1. The molecule has 132 valence electrons. The average molecular weight is 343 g/mol. The average Bonchev–Trinajstić information content (AvgIpc) is 3.20. The van der Waals surface area contributed by atoms with Crippen LogP contribution in [0.3, 0.4) is 0 Å². The Kier molecular flexibility index (Phi) is 3.68. The van der Waals surface area contributed by atoms with Crippen molar-refractivity contribution in [3.8, 4) is 0 Å². The first-order valence-corrected chi connectivity index (χ1v) is 8.29. The van der Waals surface area contributed by atoms with E-state index in [1.807, 2.05) is 10.9 Å². The van der Waals surface area contributed by atoms with E-state index in [1.54, 1.807) is 13.3 Å². The van der Waals surface area contributed by atoms with Gasteiger partial charge in [-0.25, -0.2) is 14.6 Å². The van der Waals surface area contributed by atoms with E-state index in [2.05, 4.69) is 50.9 Å². The van der Waals surface area contributed by atoms with Crippen LogP contribution in [0.1, 0.15) is 38.5 Å². The summed E-state index contributed by atoms with van der Waals surface area (Å²) in [6.07, 6.45) is 3.40. The van der Waals surface area contributed by atoms with Crippen LogP contribution >= 0.6 is 0 Å². The number of aryl methyl sites for hydroxylation is 1. The van der Waals surface area contributed by atoms with Crippen molar-refractivity contribution in [2.24, 2.45) is 0 Å². The molecule has 3 aromatic rings. The summed E-state index contributed by atoms with van der Waals surface area (Å²) in [5.74, 6) is 1.95. The first kappa shape index (κ1) is 15.9. The Balaban J connectivity index is 1.81. The second kappa shape index (κ2) is 5.76. The lowest BCUT2D eigenvalue weighted by atomic mass is 10.1. The second-order valence-corrected chi connectivity index (χ2v) is 7.13. The summed E-state index contributed by atoms with van der Waals surface area (Å²) in [5, 5.41) is 9.33.